The highest BCUT2D eigenvalue weighted by atomic mass is 79.9. The fourth-order valence-corrected chi connectivity index (χ4v) is 3.18. The second-order valence-corrected chi connectivity index (χ2v) is 9.02. The van der Waals surface area contributed by atoms with E-state index in [1.807, 2.05) is 0 Å². The van der Waals surface area contributed by atoms with Crippen LogP contribution in [0.2, 0.25) is 5.02 Å². The Bertz CT molecular complexity index is 957. The topological polar surface area (TPSA) is 93.7 Å². The van der Waals surface area contributed by atoms with E-state index in [1.165, 1.54) is 7.11 Å². The molecule has 9 heteroatoms. The lowest BCUT2D eigenvalue weighted by Crippen LogP contribution is -2.45. The molecule has 2 aromatic carbocycles. The second kappa shape index (κ2) is 10.6. The van der Waals surface area contributed by atoms with Crippen molar-refractivity contribution in [1.82, 2.24) is 5.32 Å². The third kappa shape index (κ3) is 7.88. The maximum atomic E-state index is 12.5. The lowest BCUT2D eigenvalue weighted by molar-refractivity contribution is -0.143. The predicted molar refractivity (Wildman–Crippen MR) is 122 cm³/mol. The van der Waals surface area contributed by atoms with E-state index in [0.29, 0.717) is 16.3 Å². The van der Waals surface area contributed by atoms with Crippen LogP contribution in [0.15, 0.2) is 46.9 Å². The zero-order valence-corrected chi connectivity index (χ0v) is 20.0. The number of alkyl carbamates (subject to hydrolysis) is 1. The van der Waals surface area contributed by atoms with Gasteiger partial charge in [0.1, 0.15) is 11.6 Å². The van der Waals surface area contributed by atoms with Gasteiger partial charge in [0.15, 0.2) is 0 Å². The van der Waals surface area contributed by atoms with Crippen LogP contribution in [0, 0.1) is 0 Å². The average Bonchev–Trinajstić information content (AvgIpc) is 2.68. The molecule has 0 fully saturated rings. The number of benzene rings is 2. The number of esters is 1. The van der Waals surface area contributed by atoms with Gasteiger partial charge in [0.25, 0.3) is 5.91 Å². The normalized spacial score (nSPS) is 11.9. The fourth-order valence-electron chi connectivity index (χ4n) is 2.62. The Morgan fingerprint density at radius 3 is 2.32 bits per heavy atom. The quantitative estimate of drug-likeness (QED) is 0.535. The number of nitrogens with one attached hydrogen (secondary N) is 2. The lowest BCUT2D eigenvalue weighted by atomic mass is 10.1. The number of carbonyl (C=O) groups excluding carboxylic acids is 3. The molecule has 2 rings (SSSR count). The first kappa shape index (κ1) is 24.7. The number of rotatable bonds is 6. The molecule has 0 aliphatic carbocycles. The average molecular weight is 512 g/mol. The first-order valence-electron chi connectivity index (χ1n) is 9.41. The van der Waals surface area contributed by atoms with Crippen molar-refractivity contribution < 1.29 is 23.9 Å². The molecule has 2 N–H and O–H groups in total. The smallest absolute Gasteiger partial charge is 0.408 e. The van der Waals surface area contributed by atoms with Crippen LogP contribution in [0.5, 0.6) is 0 Å². The standard InChI is InChI=1S/C22H24BrClN2O5/c1-22(2,3)31-21(29)26-18(20(28)30-4)11-13-5-8-15(9-6-13)25-19(27)16-12-14(23)7-10-17(16)24/h5-10,12,18H,11H2,1-4H3,(H,25,27)(H,26,29)/t18-/m0/s1. The number of anilines is 1. The van der Waals surface area contributed by atoms with E-state index in [2.05, 4.69) is 26.6 Å². The van der Waals surface area contributed by atoms with Gasteiger partial charge in [0.05, 0.1) is 17.7 Å². The SMILES string of the molecule is COC(=O)[C@H](Cc1ccc(NC(=O)c2cc(Br)ccc2Cl)cc1)NC(=O)OC(C)(C)C. The molecule has 0 spiro atoms. The van der Waals surface area contributed by atoms with Crippen LogP contribution in [-0.2, 0) is 20.7 Å². The first-order chi connectivity index (χ1) is 14.5. The molecule has 2 amide bonds. The van der Waals surface area contributed by atoms with Gasteiger partial charge in [0.2, 0.25) is 0 Å². The molecule has 0 bridgehead atoms. The summed E-state index contributed by atoms with van der Waals surface area (Å²) in [5, 5.41) is 5.64. The fraction of sp³-hybridized carbons (Fsp3) is 0.318. The molecule has 166 valence electrons. The molecule has 0 unspecified atom stereocenters. The van der Waals surface area contributed by atoms with E-state index < -0.39 is 23.7 Å². The number of hydrogen-bond acceptors (Lipinski definition) is 5. The van der Waals surface area contributed by atoms with Gasteiger partial charge in [-0.1, -0.05) is 39.7 Å². The molecule has 2 aromatic rings. The molecule has 0 radical (unpaired) electrons. The summed E-state index contributed by atoms with van der Waals surface area (Å²) >= 11 is 9.41. The van der Waals surface area contributed by atoms with Crippen molar-refractivity contribution in [2.24, 2.45) is 0 Å². The lowest BCUT2D eigenvalue weighted by Gasteiger charge is -2.22. The highest BCUT2D eigenvalue weighted by Gasteiger charge is 2.25. The monoisotopic (exact) mass is 510 g/mol. The van der Waals surface area contributed by atoms with Crippen molar-refractivity contribution in [3.05, 3.63) is 63.1 Å². The maximum Gasteiger partial charge on any atom is 0.408 e. The number of amides is 2. The Morgan fingerprint density at radius 2 is 1.74 bits per heavy atom. The predicted octanol–water partition coefficient (Wildman–Crippen LogP) is 4.96. The van der Waals surface area contributed by atoms with Gasteiger partial charge in [-0.15, -0.1) is 0 Å². The zero-order valence-electron chi connectivity index (χ0n) is 17.6. The van der Waals surface area contributed by atoms with Crippen molar-refractivity contribution in [3.63, 3.8) is 0 Å². The van der Waals surface area contributed by atoms with E-state index in [4.69, 9.17) is 21.1 Å². The summed E-state index contributed by atoms with van der Waals surface area (Å²) in [6.07, 6.45) is -0.518. The summed E-state index contributed by atoms with van der Waals surface area (Å²) in [6, 6.07) is 11.0. The van der Waals surface area contributed by atoms with E-state index >= 15 is 0 Å². The Kier molecular flexibility index (Phi) is 8.47. The third-order valence-electron chi connectivity index (χ3n) is 4.00. The highest BCUT2D eigenvalue weighted by molar-refractivity contribution is 9.10. The Hall–Kier alpha value is -2.58. The van der Waals surface area contributed by atoms with E-state index in [9.17, 15) is 14.4 Å². The summed E-state index contributed by atoms with van der Waals surface area (Å²) in [7, 11) is 1.25. The molecular formula is C22H24BrClN2O5. The van der Waals surface area contributed by atoms with Gasteiger partial charge in [-0.3, -0.25) is 4.79 Å². The summed E-state index contributed by atoms with van der Waals surface area (Å²) in [6.45, 7) is 5.19. The Morgan fingerprint density at radius 1 is 1.10 bits per heavy atom. The van der Waals surface area contributed by atoms with Gasteiger partial charge in [-0.05, 0) is 56.7 Å². The Balaban J connectivity index is 2.06. The van der Waals surface area contributed by atoms with Crippen LogP contribution >= 0.6 is 27.5 Å². The van der Waals surface area contributed by atoms with Gasteiger partial charge < -0.3 is 20.1 Å². The Labute approximate surface area is 194 Å². The number of halogens is 2. The van der Waals surface area contributed by atoms with Crippen molar-refractivity contribution in [2.75, 3.05) is 12.4 Å². The van der Waals surface area contributed by atoms with Crippen molar-refractivity contribution >= 4 is 51.2 Å². The maximum absolute atomic E-state index is 12.5. The van der Waals surface area contributed by atoms with Crippen LogP contribution in [0.1, 0.15) is 36.7 Å². The van der Waals surface area contributed by atoms with E-state index in [-0.39, 0.29) is 12.3 Å². The van der Waals surface area contributed by atoms with Crippen LogP contribution in [0.4, 0.5) is 10.5 Å². The first-order valence-corrected chi connectivity index (χ1v) is 10.6. The third-order valence-corrected chi connectivity index (χ3v) is 4.82. The van der Waals surface area contributed by atoms with Gasteiger partial charge in [-0.25, -0.2) is 9.59 Å². The molecule has 7 nitrogen and oxygen atoms in total. The van der Waals surface area contributed by atoms with Crippen molar-refractivity contribution in [1.29, 1.82) is 0 Å². The summed E-state index contributed by atoms with van der Waals surface area (Å²) in [4.78, 5) is 36.6. The number of hydrogen-bond donors (Lipinski definition) is 2. The molecule has 1 atom stereocenters. The van der Waals surface area contributed by atoms with Gasteiger partial charge in [-0.2, -0.15) is 0 Å². The van der Waals surface area contributed by atoms with Crippen LogP contribution in [0.25, 0.3) is 0 Å². The summed E-state index contributed by atoms with van der Waals surface area (Å²) in [5.41, 5.74) is 0.957. The number of ether oxygens (including phenoxy) is 2. The molecule has 0 saturated heterocycles. The van der Waals surface area contributed by atoms with Gasteiger partial charge in [0, 0.05) is 16.6 Å². The number of carbonyl (C=O) groups is 3. The van der Waals surface area contributed by atoms with Crippen molar-refractivity contribution in [3.8, 4) is 0 Å². The number of methoxy groups -OCH3 is 1. The van der Waals surface area contributed by atoms with E-state index in [0.717, 1.165) is 10.0 Å². The molecule has 0 aromatic heterocycles. The van der Waals surface area contributed by atoms with Crippen LogP contribution < -0.4 is 10.6 Å². The zero-order chi connectivity index (χ0) is 23.2. The molecule has 0 aliphatic heterocycles. The van der Waals surface area contributed by atoms with Crippen LogP contribution in [-0.4, -0.2) is 36.7 Å². The molecule has 31 heavy (non-hydrogen) atoms. The largest absolute Gasteiger partial charge is 0.467 e. The van der Waals surface area contributed by atoms with E-state index in [1.54, 1.807) is 63.2 Å². The molecule has 0 saturated carbocycles. The van der Waals surface area contributed by atoms with Crippen molar-refractivity contribution in [2.45, 2.75) is 38.8 Å². The van der Waals surface area contributed by atoms with Crippen LogP contribution in [0.3, 0.4) is 0 Å². The minimum absolute atomic E-state index is 0.192. The van der Waals surface area contributed by atoms with Gasteiger partial charge >= 0.3 is 12.1 Å². The molecular weight excluding hydrogens is 488 g/mol. The highest BCUT2D eigenvalue weighted by Crippen LogP contribution is 2.22. The minimum atomic E-state index is -0.916. The summed E-state index contributed by atoms with van der Waals surface area (Å²) in [5.74, 6) is -0.939. The molecule has 0 heterocycles. The summed E-state index contributed by atoms with van der Waals surface area (Å²) < 4.78 is 10.7. The minimum Gasteiger partial charge on any atom is -0.467 e. The molecule has 0 aliphatic rings. The second-order valence-electron chi connectivity index (χ2n) is 7.70.